The van der Waals surface area contributed by atoms with Crippen LogP contribution < -0.4 is 10.6 Å². The van der Waals surface area contributed by atoms with E-state index in [1.54, 1.807) is 11.8 Å². The van der Waals surface area contributed by atoms with Gasteiger partial charge in [0.15, 0.2) is 6.29 Å². The van der Waals surface area contributed by atoms with E-state index in [9.17, 15) is 4.79 Å². The number of carbonyl (C=O) groups excluding carboxylic acids is 1. The van der Waals surface area contributed by atoms with Gasteiger partial charge in [-0.15, -0.1) is 11.8 Å². The largest absolute Gasteiger partial charge is 0.377 e. The third kappa shape index (κ3) is 6.40. The molecule has 2 aliphatic heterocycles. The van der Waals surface area contributed by atoms with Crippen LogP contribution in [0.1, 0.15) is 46.3 Å². The van der Waals surface area contributed by atoms with Crippen LogP contribution in [0.5, 0.6) is 0 Å². The lowest BCUT2D eigenvalue weighted by Crippen LogP contribution is -2.38. The molecule has 34 heavy (non-hydrogen) atoms. The Kier molecular flexibility index (Phi) is 8.19. The molecule has 2 saturated heterocycles. The Morgan fingerprint density at radius 1 is 0.971 bits per heavy atom. The van der Waals surface area contributed by atoms with Crippen molar-refractivity contribution in [3.05, 3.63) is 64.7 Å². The molecular formula is C27H34N2O4S. The second-order valence-corrected chi connectivity index (χ2v) is 10.4. The number of fused-ring (bicyclic) bond motifs is 1. The van der Waals surface area contributed by atoms with Crippen LogP contribution >= 0.6 is 11.8 Å². The van der Waals surface area contributed by atoms with Gasteiger partial charge in [0.2, 0.25) is 0 Å². The van der Waals surface area contributed by atoms with E-state index in [-0.39, 0.29) is 18.2 Å². The normalized spacial score (nSPS) is 22.6. The topological polar surface area (TPSA) is 68.8 Å². The number of amides is 1. The van der Waals surface area contributed by atoms with Gasteiger partial charge in [-0.3, -0.25) is 4.79 Å². The number of hydrogen-bond acceptors (Lipinski definition) is 6. The van der Waals surface area contributed by atoms with E-state index in [4.69, 9.17) is 14.2 Å². The molecule has 5 rings (SSSR count). The molecular weight excluding hydrogens is 448 g/mol. The Bertz CT molecular complexity index is 956. The van der Waals surface area contributed by atoms with E-state index in [0.717, 1.165) is 50.2 Å². The van der Waals surface area contributed by atoms with Crippen LogP contribution in [0.15, 0.2) is 47.4 Å². The highest BCUT2D eigenvalue weighted by Crippen LogP contribution is 2.25. The lowest BCUT2D eigenvalue weighted by atomic mass is 9.87. The van der Waals surface area contributed by atoms with Crippen molar-refractivity contribution in [1.82, 2.24) is 10.6 Å². The van der Waals surface area contributed by atoms with Gasteiger partial charge >= 0.3 is 0 Å². The summed E-state index contributed by atoms with van der Waals surface area (Å²) in [6.45, 7) is 3.77. The van der Waals surface area contributed by atoms with Crippen LogP contribution in [-0.2, 0) is 33.6 Å². The summed E-state index contributed by atoms with van der Waals surface area (Å²) in [5, 5.41) is 6.66. The van der Waals surface area contributed by atoms with Crippen LogP contribution in [0.4, 0.5) is 0 Å². The van der Waals surface area contributed by atoms with Gasteiger partial charge in [0.1, 0.15) is 0 Å². The molecule has 0 spiro atoms. The number of aryl methyl sites for hydroxylation is 1. The summed E-state index contributed by atoms with van der Waals surface area (Å²) in [7, 11) is 0. The van der Waals surface area contributed by atoms with Gasteiger partial charge in [-0.05, 0) is 73.1 Å². The lowest BCUT2D eigenvalue weighted by molar-refractivity contribution is -0.0392. The molecule has 0 aromatic heterocycles. The second-order valence-electron chi connectivity index (χ2n) is 9.29. The molecule has 7 heteroatoms. The zero-order valence-corrected chi connectivity index (χ0v) is 20.4. The molecule has 2 heterocycles. The van der Waals surface area contributed by atoms with E-state index >= 15 is 0 Å². The van der Waals surface area contributed by atoms with E-state index in [1.807, 2.05) is 24.3 Å². The van der Waals surface area contributed by atoms with Crippen molar-refractivity contribution in [2.24, 2.45) is 0 Å². The molecule has 0 saturated carbocycles. The Morgan fingerprint density at radius 2 is 1.82 bits per heavy atom. The molecule has 1 aliphatic carbocycles. The van der Waals surface area contributed by atoms with Gasteiger partial charge in [0.25, 0.3) is 5.91 Å². The average Bonchev–Trinajstić information content (AvgIpc) is 3.58. The highest BCUT2D eigenvalue weighted by atomic mass is 32.2. The highest BCUT2D eigenvalue weighted by Gasteiger charge is 2.22. The fraction of sp³-hybridized carbons (Fsp3) is 0.519. The van der Waals surface area contributed by atoms with Gasteiger partial charge in [0.05, 0.1) is 19.3 Å². The number of ether oxygens (including phenoxy) is 3. The zero-order valence-electron chi connectivity index (χ0n) is 19.6. The van der Waals surface area contributed by atoms with Crippen molar-refractivity contribution in [2.75, 3.05) is 32.1 Å². The third-order valence-corrected chi connectivity index (χ3v) is 7.89. The van der Waals surface area contributed by atoms with E-state index < -0.39 is 0 Å². The standard InChI is InChI=1S/C27H34N2O4S/c30-27(20-6-9-25(10-7-20)34-18-24-2-1-11-31-24)29-23-8-5-21-14-19(3-4-22(21)15-23)16-28-17-26-32-12-13-33-26/h3-4,6-7,9-10,14,23-24,26,28H,1-2,5,8,11-13,15-18H2,(H,29,30). The first-order chi connectivity index (χ1) is 16.7. The fourth-order valence-corrected chi connectivity index (χ4v) is 5.81. The predicted molar refractivity (Wildman–Crippen MR) is 133 cm³/mol. The Hall–Kier alpha value is -1.90. The van der Waals surface area contributed by atoms with Crippen LogP contribution in [0.3, 0.4) is 0 Å². The maximum atomic E-state index is 12.8. The molecule has 0 bridgehead atoms. The first-order valence-electron chi connectivity index (χ1n) is 12.4. The molecule has 2 N–H and O–H groups in total. The Labute approximate surface area is 206 Å². The number of hydrogen-bond donors (Lipinski definition) is 2. The average molecular weight is 483 g/mol. The highest BCUT2D eigenvalue weighted by molar-refractivity contribution is 7.99. The predicted octanol–water partition coefficient (Wildman–Crippen LogP) is 3.71. The molecule has 2 aromatic carbocycles. The fourth-order valence-electron chi connectivity index (χ4n) is 4.84. The van der Waals surface area contributed by atoms with Crippen LogP contribution in [-0.4, -0.2) is 56.5 Å². The summed E-state index contributed by atoms with van der Waals surface area (Å²) in [6.07, 6.45) is 5.41. The molecule has 3 aliphatic rings. The second kappa shape index (κ2) is 11.7. The van der Waals surface area contributed by atoms with Gasteiger partial charge in [-0.25, -0.2) is 0 Å². The first kappa shape index (κ1) is 23.8. The van der Waals surface area contributed by atoms with E-state index in [0.29, 0.717) is 25.9 Å². The number of benzene rings is 2. The summed E-state index contributed by atoms with van der Waals surface area (Å²) >= 11 is 1.80. The quantitative estimate of drug-likeness (QED) is 0.531. The Balaban J connectivity index is 1.08. The van der Waals surface area contributed by atoms with Gasteiger partial charge in [-0.2, -0.15) is 0 Å². The maximum absolute atomic E-state index is 12.8. The maximum Gasteiger partial charge on any atom is 0.251 e. The van der Waals surface area contributed by atoms with Crippen molar-refractivity contribution in [3.8, 4) is 0 Å². The molecule has 2 aromatic rings. The number of nitrogens with one attached hydrogen (secondary N) is 2. The van der Waals surface area contributed by atoms with Crippen LogP contribution in [0.25, 0.3) is 0 Å². The molecule has 0 radical (unpaired) electrons. The monoisotopic (exact) mass is 482 g/mol. The van der Waals surface area contributed by atoms with Crippen LogP contribution in [0, 0.1) is 0 Å². The number of thioether (sulfide) groups is 1. The van der Waals surface area contributed by atoms with E-state index in [2.05, 4.69) is 28.8 Å². The van der Waals surface area contributed by atoms with Crippen LogP contribution in [0.2, 0.25) is 0 Å². The third-order valence-electron chi connectivity index (χ3n) is 6.74. The van der Waals surface area contributed by atoms with Crippen molar-refractivity contribution >= 4 is 17.7 Å². The molecule has 2 unspecified atom stereocenters. The summed E-state index contributed by atoms with van der Waals surface area (Å²) in [5.74, 6) is 0.995. The first-order valence-corrected chi connectivity index (χ1v) is 13.4. The number of rotatable bonds is 9. The van der Waals surface area contributed by atoms with Crippen molar-refractivity contribution in [3.63, 3.8) is 0 Å². The van der Waals surface area contributed by atoms with Crippen molar-refractivity contribution < 1.29 is 19.0 Å². The van der Waals surface area contributed by atoms with Crippen molar-refractivity contribution in [1.29, 1.82) is 0 Å². The summed E-state index contributed by atoms with van der Waals surface area (Å²) in [4.78, 5) is 14.0. The minimum absolute atomic E-state index is 0.0151. The zero-order chi connectivity index (χ0) is 23.2. The van der Waals surface area contributed by atoms with Gasteiger partial charge in [0, 0.05) is 42.0 Å². The van der Waals surface area contributed by atoms with Crippen molar-refractivity contribution in [2.45, 2.75) is 62.0 Å². The molecule has 182 valence electrons. The van der Waals surface area contributed by atoms with Gasteiger partial charge in [-0.1, -0.05) is 18.2 Å². The molecule has 2 atom stereocenters. The minimum Gasteiger partial charge on any atom is -0.377 e. The lowest BCUT2D eigenvalue weighted by Gasteiger charge is -2.26. The number of carbonyl (C=O) groups is 1. The molecule has 2 fully saturated rings. The van der Waals surface area contributed by atoms with Gasteiger partial charge < -0.3 is 24.8 Å². The summed E-state index contributed by atoms with van der Waals surface area (Å²) < 4.78 is 16.6. The SMILES string of the molecule is O=C(NC1CCc2cc(CNCC3OCCO3)ccc2C1)c1ccc(SCC2CCCO2)cc1. The van der Waals surface area contributed by atoms with E-state index in [1.165, 1.54) is 28.0 Å². The summed E-state index contributed by atoms with van der Waals surface area (Å²) in [5.41, 5.74) is 4.73. The molecule has 1 amide bonds. The smallest absolute Gasteiger partial charge is 0.251 e. The Morgan fingerprint density at radius 3 is 2.62 bits per heavy atom. The summed E-state index contributed by atoms with van der Waals surface area (Å²) in [6, 6.07) is 14.8. The minimum atomic E-state index is -0.122. The molecule has 6 nitrogen and oxygen atoms in total.